The summed E-state index contributed by atoms with van der Waals surface area (Å²) in [5, 5.41) is 3.37. The number of piperidine rings is 1. The highest BCUT2D eigenvalue weighted by atomic mass is 16.1. The number of pyridine rings is 1. The Hall–Kier alpha value is -1.22. The fraction of sp³-hybridized carbons (Fsp3) is 0.571. The molecule has 0 aromatic carbocycles. The number of ketones is 1. The molecule has 1 aliphatic heterocycles. The zero-order valence-corrected chi connectivity index (χ0v) is 10.2. The summed E-state index contributed by atoms with van der Waals surface area (Å²) in [6.45, 7) is 4.11. The Morgan fingerprint density at radius 1 is 1.41 bits per heavy atom. The fourth-order valence-electron chi connectivity index (χ4n) is 3.09. The number of carbonyl (C=O) groups is 1. The summed E-state index contributed by atoms with van der Waals surface area (Å²) in [6.07, 6.45) is 6.90. The summed E-state index contributed by atoms with van der Waals surface area (Å²) in [4.78, 5) is 16.5. The maximum absolute atomic E-state index is 12.4. The van der Waals surface area contributed by atoms with Gasteiger partial charge in [-0.2, -0.15) is 0 Å². The van der Waals surface area contributed by atoms with Crippen LogP contribution in [-0.4, -0.2) is 23.9 Å². The van der Waals surface area contributed by atoms with Crippen LogP contribution in [0.15, 0.2) is 18.5 Å². The number of carbonyl (C=O) groups excluding carboxylic acids is 1. The first-order valence-electron chi connectivity index (χ1n) is 6.38. The van der Waals surface area contributed by atoms with Crippen molar-refractivity contribution in [3.63, 3.8) is 0 Å². The fourth-order valence-corrected chi connectivity index (χ4v) is 3.09. The molecule has 17 heavy (non-hydrogen) atoms. The van der Waals surface area contributed by atoms with Gasteiger partial charge in [0.05, 0.1) is 0 Å². The molecular weight excluding hydrogens is 212 g/mol. The topological polar surface area (TPSA) is 42.0 Å². The van der Waals surface area contributed by atoms with Gasteiger partial charge in [0.15, 0.2) is 5.78 Å². The average Bonchev–Trinajstić information content (AvgIpc) is 3.03. The Labute approximate surface area is 102 Å². The van der Waals surface area contributed by atoms with E-state index >= 15 is 0 Å². The van der Waals surface area contributed by atoms with E-state index in [2.05, 4.69) is 10.3 Å². The number of aryl methyl sites for hydroxylation is 1. The van der Waals surface area contributed by atoms with E-state index in [-0.39, 0.29) is 5.92 Å². The minimum atomic E-state index is 0.258. The lowest BCUT2D eigenvalue weighted by Gasteiger charge is -2.23. The number of nitrogens with one attached hydrogen (secondary N) is 1. The molecule has 2 heterocycles. The Morgan fingerprint density at radius 3 is 2.88 bits per heavy atom. The summed E-state index contributed by atoms with van der Waals surface area (Å²) in [5.74, 6) is 0.566. The molecule has 2 aliphatic rings. The maximum atomic E-state index is 12.4. The lowest BCUT2D eigenvalue weighted by molar-refractivity contribution is 0.0940. The molecule has 1 atom stereocenters. The molecule has 0 amide bonds. The van der Waals surface area contributed by atoms with E-state index in [4.69, 9.17) is 0 Å². The third-order valence-corrected chi connectivity index (χ3v) is 4.27. The third kappa shape index (κ3) is 1.89. The van der Waals surface area contributed by atoms with Crippen LogP contribution in [0.5, 0.6) is 0 Å². The molecule has 1 aromatic rings. The molecule has 90 valence electrons. The van der Waals surface area contributed by atoms with Crippen molar-refractivity contribution in [1.29, 1.82) is 0 Å². The van der Waals surface area contributed by atoms with E-state index < -0.39 is 0 Å². The van der Waals surface area contributed by atoms with E-state index in [1.807, 2.05) is 13.0 Å². The van der Waals surface area contributed by atoms with E-state index in [0.717, 1.165) is 43.5 Å². The number of aromatic nitrogens is 1. The molecule has 1 aliphatic carbocycles. The van der Waals surface area contributed by atoms with Crippen LogP contribution < -0.4 is 5.32 Å². The van der Waals surface area contributed by atoms with Crippen LogP contribution in [0, 0.1) is 18.3 Å². The van der Waals surface area contributed by atoms with Gasteiger partial charge in [-0.3, -0.25) is 9.78 Å². The Morgan fingerprint density at radius 2 is 2.18 bits per heavy atom. The second-order valence-electron chi connectivity index (χ2n) is 5.48. The number of nitrogens with zero attached hydrogens (tertiary/aromatic N) is 1. The van der Waals surface area contributed by atoms with Crippen molar-refractivity contribution < 1.29 is 4.79 Å². The lowest BCUT2D eigenvalue weighted by atomic mass is 9.89. The summed E-state index contributed by atoms with van der Waals surface area (Å²) in [6, 6.07) is 1.96. The van der Waals surface area contributed by atoms with Gasteiger partial charge < -0.3 is 5.32 Å². The predicted molar refractivity (Wildman–Crippen MR) is 65.9 cm³/mol. The van der Waals surface area contributed by atoms with Crippen molar-refractivity contribution in [2.24, 2.45) is 11.3 Å². The molecule has 3 heteroatoms. The molecule has 1 saturated heterocycles. The number of rotatable bonds is 2. The van der Waals surface area contributed by atoms with Crippen molar-refractivity contribution >= 4 is 5.78 Å². The first kappa shape index (κ1) is 10.9. The van der Waals surface area contributed by atoms with Crippen molar-refractivity contribution in [3.8, 4) is 0 Å². The van der Waals surface area contributed by atoms with Crippen LogP contribution in [0.1, 0.15) is 35.2 Å². The smallest absolute Gasteiger partial charge is 0.168 e. The average molecular weight is 230 g/mol. The minimum absolute atomic E-state index is 0.258. The molecule has 1 aromatic heterocycles. The first-order valence-corrected chi connectivity index (χ1v) is 6.38. The zero-order valence-electron chi connectivity index (χ0n) is 10.2. The number of Topliss-reactive ketones (excluding diaryl/α,β-unsaturated/α-hetero) is 1. The van der Waals surface area contributed by atoms with Crippen LogP contribution in [0.4, 0.5) is 0 Å². The van der Waals surface area contributed by atoms with Gasteiger partial charge in [-0.15, -0.1) is 0 Å². The van der Waals surface area contributed by atoms with Crippen LogP contribution in [0.25, 0.3) is 0 Å². The minimum Gasteiger partial charge on any atom is -0.317 e. The summed E-state index contributed by atoms with van der Waals surface area (Å²) in [7, 11) is 0. The summed E-state index contributed by atoms with van der Waals surface area (Å²) >= 11 is 0. The molecule has 0 bridgehead atoms. The monoisotopic (exact) mass is 230 g/mol. The van der Waals surface area contributed by atoms with Crippen molar-refractivity contribution in [1.82, 2.24) is 10.3 Å². The Balaban J connectivity index is 1.76. The third-order valence-electron chi connectivity index (χ3n) is 4.27. The summed E-state index contributed by atoms with van der Waals surface area (Å²) in [5.41, 5.74) is 2.19. The van der Waals surface area contributed by atoms with Crippen molar-refractivity contribution in [2.45, 2.75) is 26.2 Å². The normalized spacial score (nSPS) is 25.8. The van der Waals surface area contributed by atoms with Crippen LogP contribution >= 0.6 is 0 Å². The quantitative estimate of drug-likeness (QED) is 0.790. The van der Waals surface area contributed by atoms with E-state index in [9.17, 15) is 4.79 Å². The summed E-state index contributed by atoms with van der Waals surface area (Å²) < 4.78 is 0. The van der Waals surface area contributed by atoms with Gasteiger partial charge in [-0.05, 0) is 56.3 Å². The van der Waals surface area contributed by atoms with Gasteiger partial charge in [-0.1, -0.05) is 0 Å². The molecule has 3 rings (SSSR count). The molecule has 0 radical (unpaired) electrons. The first-order chi connectivity index (χ1) is 8.21. The largest absolute Gasteiger partial charge is 0.317 e. The van der Waals surface area contributed by atoms with Gasteiger partial charge in [0.1, 0.15) is 0 Å². The molecule has 3 nitrogen and oxygen atoms in total. The molecule has 2 fully saturated rings. The van der Waals surface area contributed by atoms with Gasteiger partial charge in [-0.25, -0.2) is 0 Å². The van der Waals surface area contributed by atoms with Gasteiger partial charge in [0.25, 0.3) is 0 Å². The highest BCUT2D eigenvalue weighted by Gasteiger charge is 2.57. The Bertz CT molecular complexity index is 449. The molecule has 1 unspecified atom stereocenters. The SMILES string of the molecule is Cc1cncc(C(=O)C2CC23CCNCC3)c1. The van der Waals surface area contributed by atoms with E-state index in [1.54, 1.807) is 12.4 Å². The highest BCUT2D eigenvalue weighted by molar-refractivity contribution is 6.00. The van der Waals surface area contributed by atoms with Gasteiger partial charge in [0, 0.05) is 23.9 Å². The standard InChI is InChI=1S/C14H18N2O/c1-10-6-11(9-16-8-10)13(17)12-7-14(12)2-4-15-5-3-14/h6,8-9,12,15H,2-5,7H2,1H3. The van der Waals surface area contributed by atoms with Crippen LogP contribution in [-0.2, 0) is 0 Å². The van der Waals surface area contributed by atoms with Crippen molar-refractivity contribution in [3.05, 3.63) is 29.6 Å². The zero-order chi connectivity index (χ0) is 11.9. The second-order valence-corrected chi connectivity index (χ2v) is 5.48. The molecule has 1 spiro atoms. The molecule has 1 saturated carbocycles. The number of hydrogen-bond acceptors (Lipinski definition) is 3. The van der Waals surface area contributed by atoms with E-state index in [0.29, 0.717) is 11.2 Å². The van der Waals surface area contributed by atoms with Gasteiger partial charge in [0.2, 0.25) is 0 Å². The molecule has 1 N–H and O–H groups in total. The lowest BCUT2D eigenvalue weighted by Crippen LogP contribution is -2.30. The number of hydrogen-bond donors (Lipinski definition) is 1. The molecular formula is C14H18N2O. The second kappa shape index (κ2) is 3.91. The van der Waals surface area contributed by atoms with E-state index in [1.165, 1.54) is 0 Å². The van der Waals surface area contributed by atoms with Gasteiger partial charge >= 0.3 is 0 Å². The Kier molecular flexibility index (Phi) is 2.51. The maximum Gasteiger partial charge on any atom is 0.168 e. The van der Waals surface area contributed by atoms with Crippen LogP contribution in [0.2, 0.25) is 0 Å². The van der Waals surface area contributed by atoms with Crippen molar-refractivity contribution in [2.75, 3.05) is 13.1 Å². The highest BCUT2D eigenvalue weighted by Crippen LogP contribution is 2.59. The predicted octanol–water partition coefficient (Wildman–Crippen LogP) is 1.96. The van der Waals surface area contributed by atoms with Crippen LogP contribution in [0.3, 0.4) is 0 Å².